The van der Waals surface area contributed by atoms with E-state index in [0.29, 0.717) is 0 Å². The molecule has 1 aliphatic heterocycles. The molecule has 27 heavy (non-hydrogen) atoms. The molecule has 0 aromatic carbocycles. The molecule has 0 bridgehead atoms. The van der Waals surface area contributed by atoms with Crippen molar-refractivity contribution in [2.24, 2.45) is 5.11 Å². The maximum atomic E-state index is 14.8. The van der Waals surface area contributed by atoms with Crippen LogP contribution in [0.25, 0.3) is 10.4 Å². The van der Waals surface area contributed by atoms with Crippen LogP contribution in [-0.4, -0.2) is 67.7 Å². The van der Waals surface area contributed by atoms with E-state index in [1.54, 1.807) is 0 Å². The molecular formula is C14H19FN4O8. The number of amides is 1. The largest absolute Gasteiger partial charge is 0.463 e. The van der Waals surface area contributed by atoms with Crippen molar-refractivity contribution in [3.8, 4) is 0 Å². The highest BCUT2D eigenvalue weighted by molar-refractivity contribution is 5.78. The molecule has 0 saturated carbocycles. The van der Waals surface area contributed by atoms with Crippen molar-refractivity contribution in [3.63, 3.8) is 0 Å². The van der Waals surface area contributed by atoms with E-state index >= 15 is 0 Å². The number of carbonyl (C=O) groups excluding carboxylic acids is 4. The van der Waals surface area contributed by atoms with Gasteiger partial charge in [-0.05, 0) is 5.53 Å². The van der Waals surface area contributed by atoms with Gasteiger partial charge in [0.2, 0.25) is 12.2 Å². The molecule has 0 radical (unpaired) electrons. The number of nitrogens with zero attached hydrogens (tertiary/aromatic N) is 3. The zero-order chi connectivity index (χ0) is 20.6. The summed E-state index contributed by atoms with van der Waals surface area (Å²) in [6, 6.07) is -1.43. The number of alkyl halides is 1. The Morgan fingerprint density at radius 2 is 1.78 bits per heavy atom. The number of esters is 3. The van der Waals surface area contributed by atoms with E-state index in [2.05, 4.69) is 15.3 Å². The molecule has 13 heteroatoms. The average molecular weight is 390 g/mol. The second-order valence-corrected chi connectivity index (χ2v) is 5.46. The van der Waals surface area contributed by atoms with Gasteiger partial charge in [-0.1, -0.05) is 5.11 Å². The van der Waals surface area contributed by atoms with Gasteiger partial charge in [-0.3, -0.25) is 19.2 Å². The molecule has 1 heterocycles. The number of azide groups is 1. The SMILES string of the molecule is CC(=O)OC[C@H]1OC(OC(C)=O)[C@H](NC(=O)CN=[N+]=[N-])[C@@H](OC(C)=O)[C@H]1F. The fourth-order valence-electron chi connectivity index (χ4n) is 2.30. The Morgan fingerprint density at radius 3 is 2.30 bits per heavy atom. The second kappa shape index (κ2) is 10.3. The Hall–Kier alpha value is -2.92. The third kappa shape index (κ3) is 7.07. The molecule has 0 spiro atoms. The standard InChI is InChI=1S/C14H19FN4O8/c1-6(20)24-5-9-11(15)13(25-7(2)21)12(14(27-9)26-8(3)22)18-10(23)4-17-19-16/h9,11-14H,4-5H2,1-3H3,(H,18,23)/t9-,11+,12-,13+,14?/m1/s1. The molecule has 0 aliphatic carbocycles. The van der Waals surface area contributed by atoms with E-state index in [9.17, 15) is 23.6 Å². The summed E-state index contributed by atoms with van der Waals surface area (Å²) < 4.78 is 34.7. The molecule has 150 valence electrons. The molecule has 0 aromatic heterocycles. The zero-order valence-electron chi connectivity index (χ0n) is 14.8. The lowest BCUT2D eigenvalue weighted by Gasteiger charge is -2.42. The van der Waals surface area contributed by atoms with E-state index in [1.807, 2.05) is 0 Å². The van der Waals surface area contributed by atoms with E-state index in [4.69, 9.17) is 24.5 Å². The van der Waals surface area contributed by atoms with Crippen LogP contribution in [0.3, 0.4) is 0 Å². The van der Waals surface area contributed by atoms with Gasteiger partial charge < -0.3 is 24.3 Å². The van der Waals surface area contributed by atoms with Crippen LogP contribution in [0.1, 0.15) is 20.8 Å². The maximum absolute atomic E-state index is 14.8. The minimum absolute atomic E-state index is 0.536. The van der Waals surface area contributed by atoms with Gasteiger partial charge in [-0.25, -0.2) is 4.39 Å². The molecule has 1 fully saturated rings. The topological polar surface area (TPSA) is 166 Å². The third-order valence-electron chi connectivity index (χ3n) is 3.27. The number of hydrogen-bond donors (Lipinski definition) is 1. The fourth-order valence-corrected chi connectivity index (χ4v) is 2.30. The van der Waals surface area contributed by atoms with Crippen molar-refractivity contribution in [3.05, 3.63) is 10.4 Å². The first-order valence-corrected chi connectivity index (χ1v) is 7.73. The maximum Gasteiger partial charge on any atom is 0.305 e. The Kier molecular flexibility index (Phi) is 8.42. The molecule has 12 nitrogen and oxygen atoms in total. The summed E-state index contributed by atoms with van der Waals surface area (Å²) in [7, 11) is 0. The van der Waals surface area contributed by atoms with Crippen LogP contribution in [0.15, 0.2) is 5.11 Å². The van der Waals surface area contributed by atoms with Crippen LogP contribution in [0.4, 0.5) is 4.39 Å². The summed E-state index contributed by atoms with van der Waals surface area (Å²) in [4.78, 5) is 47.9. The molecule has 1 unspecified atom stereocenters. The van der Waals surface area contributed by atoms with Crippen LogP contribution >= 0.6 is 0 Å². The predicted octanol–water partition coefficient (Wildman–Crippen LogP) is -0.0976. The lowest BCUT2D eigenvalue weighted by molar-refractivity contribution is -0.256. The van der Waals surface area contributed by atoms with E-state index < -0.39 is 67.7 Å². The number of ether oxygens (including phenoxy) is 4. The van der Waals surface area contributed by atoms with Crippen molar-refractivity contribution in [2.75, 3.05) is 13.2 Å². The van der Waals surface area contributed by atoms with Crippen LogP contribution in [-0.2, 0) is 38.1 Å². The molecule has 1 rings (SSSR count). The van der Waals surface area contributed by atoms with E-state index in [-0.39, 0.29) is 0 Å². The van der Waals surface area contributed by atoms with E-state index in [0.717, 1.165) is 20.8 Å². The van der Waals surface area contributed by atoms with Gasteiger partial charge in [-0.15, -0.1) is 0 Å². The molecule has 1 saturated heterocycles. The van der Waals surface area contributed by atoms with Crippen molar-refractivity contribution < 1.29 is 42.5 Å². The average Bonchev–Trinajstić information content (AvgIpc) is 2.56. The van der Waals surface area contributed by atoms with Crippen LogP contribution in [0.5, 0.6) is 0 Å². The first-order valence-electron chi connectivity index (χ1n) is 7.73. The summed E-state index contributed by atoms with van der Waals surface area (Å²) >= 11 is 0. The first kappa shape index (κ1) is 22.1. The third-order valence-corrected chi connectivity index (χ3v) is 3.27. The minimum Gasteiger partial charge on any atom is -0.463 e. The predicted molar refractivity (Wildman–Crippen MR) is 83.5 cm³/mol. The number of halogens is 1. The van der Waals surface area contributed by atoms with Gasteiger partial charge in [0.15, 0.2) is 12.3 Å². The van der Waals surface area contributed by atoms with Gasteiger partial charge in [0.05, 0.1) is 0 Å². The van der Waals surface area contributed by atoms with Crippen molar-refractivity contribution in [1.29, 1.82) is 0 Å². The smallest absolute Gasteiger partial charge is 0.305 e. The molecule has 0 aromatic rings. The molecule has 1 aliphatic rings. The Morgan fingerprint density at radius 1 is 1.15 bits per heavy atom. The Labute approximate surface area is 152 Å². The molecule has 5 atom stereocenters. The van der Waals surface area contributed by atoms with Crippen LogP contribution in [0, 0.1) is 0 Å². The first-order chi connectivity index (χ1) is 12.6. The number of rotatable bonds is 7. The Balaban J connectivity index is 3.11. The van der Waals surface area contributed by atoms with E-state index in [1.165, 1.54) is 0 Å². The number of carbonyl (C=O) groups is 4. The van der Waals surface area contributed by atoms with Crippen LogP contribution in [0.2, 0.25) is 0 Å². The normalized spacial score (nSPS) is 26.9. The van der Waals surface area contributed by atoms with Crippen LogP contribution < -0.4 is 5.32 Å². The molecular weight excluding hydrogens is 371 g/mol. The summed E-state index contributed by atoms with van der Waals surface area (Å²) in [5.41, 5.74) is 8.26. The summed E-state index contributed by atoms with van der Waals surface area (Å²) in [5, 5.41) is 5.30. The van der Waals surface area contributed by atoms with Crippen molar-refractivity contribution in [1.82, 2.24) is 5.32 Å². The highest BCUT2D eigenvalue weighted by Gasteiger charge is 2.51. The monoisotopic (exact) mass is 390 g/mol. The molecule has 1 amide bonds. The number of nitrogens with one attached hydrogen (secondary N) is 1. The number of hydrogen-bond acceptors (Lipinski definition) is 9. The summed E-state index contributed by atoms with van der Waals surface area (Å²) in [6.07, 6.45) is -6.61. The quantitative estimate of drug-likeness (QED) is 0.207. The van der Waals surface area contributed by atoms with Gasteiger partial charge in [0.1, 0.15) is 25.3 Å². The minimum atomic E-state index is -2.02. The zero-order valence-corrected chi connectivity index (χ0v) is 14.8. The van der Waals surface area contributed by atoms with Gasteiger partial charge in [0.25, 0.3) is 0 Å². The lowest BCUT2D eigenvalue weighted by atomic mass is 9.97. The van der Waals surface area contributed by atoms with Gasteiger partial charge in [0, 0.05) is 25.7 Å². The van der Waals surface area contributed by atoms with Gasteiger partial charge in [-0.2, -0.15) is 0 Å². The lowest BCUT2D eigenvalue weighted by Crippen LogP contribution is -2.65. The fraction of sp³-hybridized carbons (Fsp3) is 0.714. The summed E-state index contributed by atoms with van der Waals surface area (Å²) in [6.45, 7) is 2.00. The molecule has 1 N–H and O–H groups in total. The van der Waals surface area contributed by atoms with Gasteiger partial charge >= 0.3 is 17.9 Å². The second-order valence-electron chi connectivity index (χ2n) is 5.46. The summed E-state index contributed by atoms with van der Waals surface area (Å²) in [5.74, 6) is -3.24. The highest BCUT2D eigenvalue weighted by atomic mass is 19.1. The van der Waals surface area contributed by atoms with Crippen molar-refractivity contribution in [2.45, 2.75) is 51.5 Å². The Bertz CT molecular complexity index is 639. The van der Waals surface area contributed by atoms with Crippen molar-refractivity contribution >= 4 is 23.8 Å². The highest BCUT2D eigenvalue weighted by Crippen LogP contribution is 2.27.